The average Bonchev–Trinajstić information content (AvgIpc) is 3.42. The topological polar surface area (TPSA) is 64.4 Å². The van der Waals surface area contributed by atoms with Crippen molar-refractivity contribution in [1.29, 1.82) is 0 Å². The molecule has 0 radical (unpaired) electrons. The number of carbonyl (C=O) groups excluding carboxylic acids is 1. The van der Waals surface area contributed by atoms with Crippen LogP contribution in [0.1, 0.15) is 21.7 Å². The molecule has 5 nitrogen and oxygen atoms in total. The molecule has 0 bridgehead atoms. The summed E-state index contributed by atoms with van der Waals surface area (Å²) in [4.78, 5) is 16.7. The van der Waals surface area contributed by atoms with Gasteiger partial charge < -0.3 is 14.5 Å². The molecule has 4 rings (SSSR count). The molecule has 166 valence electrons. The fourth-order valence-corrected chi connectivity index (χ4v) is 4.78. The van der Waals surface area contributed by atoms with Gasteiger partial charge in [0.05, 0.1) is 4.21 Å². The lowest BCUT2D eigenvalue weighted by molar-refractivity contribution is -0.154. The first-order valence-electron chi connectivity index (χ1n) is 9.48. The number of rotatable bonds is 8. The van der Waals surface area contributed by atoms with Gasteiger partial charge in [0.1, 0.15) is 5.58 Å². The lowest BCUT2D eigenvalue weighted by atomic mass is 10.1. The number of hydrogen-bond acceptors (Lipinski definition) is 6. The number of pyridine rings is 1. The molecular weight excluding hydrogens is 461 g/mol. The Labute approximate surface area is 189 Å². The lowest BCUT2D eigenvalue weighted by Crippen LogP contribution is -2.23. The van der Waals surface area contributed by atoms with Crippen LogP contribution in [-0.2, 0) is 12.3 Å². The Morgan fingerprint density at radius 2 is 2.03 bits per heavy atom. The first-order chi connectivity index (χ1) is 15.4. The van der Waals surface area contributed by atoms with Gasteiger partial charge in [-0.2, -0.15) is 13.2 Å². The largest absolute Gasteiger partial charge is 0.468 e. The van der Waals surface area contributed by atoms with Gasteiger partial charge >= 0.3 is 6.18 Å². The van der Waals surface area contributed by atoms with E-state index in [1.54, 1.807) is 35.2 Å². The molecule has 0 fully saturated rings. The summed E-state index contributed by atoms with van der Waals surface area (Å²) in [6.07, 6.45) is -3.12. The number of thioether (sulfide) groups is 1. The summed E-state index contributed by atoms with van der Waals surface area (Å²) >= 11 is 3.24. The molecule has 1 amide bonds. The number of ether oxygens (including phenoxy) is 1. The molecule has 0 aliphatic heterocycles. The second kappa shape index (κ2) is 9.66. The van der Waals surface area contributed by atoms with E-state index < -0.39 is 18.7 Å². The number of alkyl halides is 3. The van der Waals surface area contributed by atoms with Crippen LogP contribution in [0.25, 0.3) is 11.0 Å². The van der Waals surface area contributed by atoms with Crippen molar-refractivity contribution in [2.24, 2.45) is 0 Å². The standard InChI is InChI=1S/C22H17F3N2O3S2/c23-22(24,25)13-29-18-10-14(7-8-26-18)11-27-21(28)20-16(12-32-19-6-3-9-31-19)15-4-1-2-5-17(15)30-20/h1-10H,11-13H2,(H,27,28). The first kappa shape index (κ1) is 22.2. The summed E-state index contributed by atoms with van der Waals surface area (Å²) in [7, 11) is 0. The molecule has 3 aromatic heterocycles. The average molecular weight is 479 g/mol. The van der Waals surface area contributed by atoms with Gasteiger partial charge in [-0.05, 0) is 29.1 Å². The normalized spacial score (nSPS) is 11.6. The summed E-state index contributed by atoms with van der Waals surface area (Å²) in [6, 6.07) is 14.4. The van der Waals surface area contributed by atoms with E-state index >= 15 is 0 Å². The number of carbonyl (C=O) groups is 1. The van der Waals surface area contributed by atoms with Crippen LogP contribution in [0.4, 0.5) is 13.2 Å². The Morgan fingerprint density at radius 1 is 1.19 bits per heavy atom. The van der Waals surface area contributed by atoms with Crippen molar-refractivity contribution < 1.29 is 27.1 Å². The van der Waals surface area contributed by atoms with Crippen molar-refractivity contribution >= 4 is 40.0 Å². The molecule has 0 spiro atoms. The number of furan rings is 1. The number of halogens is 3. The molecule has 32 heavy (non-hydrogen) atoms. The van der Waals surface area contributed by atoms with Crippen molar-refractivity contribution in [2.45, 2.75) is 22.7 Å². The number of fused-ring (bicyclic) bond motifs is 1. The van der Waals surface area contributed by atoms with E-state index in [9.17, 15) is 18.0 Å². The summed E-state index contributed by atoms with van der Waals surface area (Å²) in [5, 5.41) is 5.62. The third-order valence-corrected chi connectivity index (χ3v) is 6.55. The number of aromatic nitrogens is 1. The molecule has 0 saturated carbocycles. The lowest BCUT2D eigenvalue weighted by Gasteiger charge is -2.10. The van der Waals surface area contributed by atoms with E-state index in [0.717, 1.165) is 15.2 Å². The zero-order chi connectivity index (χ0) is 22.6. The van der Waals surface area contributed by atoms with Gasteiger partial charge in [-0.3, -0.25) is 4.79 Å². The van der Waals surface area contributed by atoms with E-state index in [2.05, 4.69) is 15.0 Å². The Kier molecular flexibility index (Phi) is 6.71. The Balaban J connectivity index is 1.47. The van der Waals surface area contributed by atoms with Crippen LogP contribution in [0.3, 0.4) is 0 Å². The van der Waals surface area contributed by atoms with E-state index in [1.165, 1.54) is 12.3 Å². The molecule has 0 unspecified atom stereocenters. The van der Waals surface area contributed by atoms with Gasteiger partial charge in [-0.15, -0.1) is 23.1 Å². The third-order valence-electron chi connectivity index (χ3n) is 4.39. The van der Waals surface area contributed by atoms with Gasteiger partial charge in [0.2, 0.25) is 5.88 Å². The number of nitrogens with zero attached hydrogens (tertiary/aromatic N) is 1. The van der Waals surface area contributed by atoms with E-state index in [0.29, 0.717) is 16.9 Å². The van der Waals surface area contributed by atoms with Crippen molar-refractivity contribution in [3.63, 3.8) is 0 Å². The quantitative estimate of drug-likeness (QED) is 0.312. The molecule has 0 atom stereocenters. The minimum atomic E-state index is -4.45. The predicted molar refractivity (Wildman–Crippen MR) is 117 cm³/mol. The number of para-hydroxylation sites is 1. The van der Waals surface area contributed by atoms with Crippen LogP contribution >= 0.6 is 23.1 Å². The number of nitrogens with one attached hydrogen (secondary N) is 1. The maximum absolute atomic E-state index is 12.9. The van der Waals surface area contributed by atoms with Crippen molar-refractivity contribution in [3.05, 3.63) is 77.0 Å². The summed E-state index contributed by atoms with van der Waals surface area (Å²) in [5.41, 5.74) is 1.96. The van der Waals surface area contributed by atoms with Crippen molar-refractivity contribution in [2.75, 3.05) is 6.61 Å². The summed E-state index contributed by atoms with van der Waals surface area (Å²) in [5.74, 6) is 0.214. The highest BCUT2D eigenvalue weighted by molar-refractivity contribution is 8.00. The maximum atomic E-state index is 12.9. The van der Waals surface area contributed by atoms with Crippen LogP contribution in [-0.4, -0.2) is 23.7 Å². The molecule has 0 aliphatic carbocycles. The number of benzene rings is 1. The zero-order valence-corrected chi connectivity index (χ0v) is 18.2. The summed E-state index contributed by atoms with van der Waals surface area (Å²) in [6.45, 7) is -1.35. The predicted octanol–water partition coefficient (Wildman–Crippen LogP) is 6.05. The fraction of sp³-hybridized carbons (Fsp3) is 0.182. The van der Waals surface area contributed by atoms with Gasteiger partial charge in [0.15, 0.2) is 12.4 Å². The second-order valence-electron chi connectivity index (χ2n) is 6.72. The number of hydrogen-bond donors (Lipinski definition) is 1. The molecule has 0 saturated heterocycles. The second-order valence-corrected chi connectivity index (χ2v) is 8.94. The van der Waals surface area contributed by atoms with E-state index in [1.807, 2.05) is 35.7 Å². The minimum absolute atomic E-state index is 0.0816. The maximum Gasteiger partial charge on any atom is 0.422 e. The Bertz CT molecular complexity index is 1210. The molecule has 1 N–H and O–H groups in total. The smallest absolute Gasteiger partial charge is 0.422 e. The van der Waals surface area contributed by atoms with E-state index in [4.69, 9.17) is 4.42 Å². The third kappa shape index (κ3) is 5.63. The highest BCUT2D eigenvalue weighted by atomic mass is 32.2. The Hall–Kier alpha value is -2.98. The van der Waals surface area contributed by atoms with Crippen LogP contribution in [0.5, 0.6) is 5.88 Å². The van der Waals surface area contributed by atoms with Gasteiger partial charge in [-0.25, -0.2) is 4.98 Å². The molecule has 1 aromatic carbocycles. The van der Waals surface area contributed by atoms with E-state index in [-0.39, 0.29) is 18.2 Å². The highest BCUT2D eigenvalue weighted by Crippen LogP contribution is 2.33. The van der Waals surface area contributed by atoms with Gasteiger partial charge in [-0.1, -0.05) is 24.3 Å². The monoisotopic (exact) mass is 478 g/mol. The first-order valence-corrected chi connectivity index (χ1v) is 11.3. The molecular formula is C22H17F3N2O3S2. The van der Waals surface area contributed by atoms with Crippen molar-refractivity contribution in [3.8, 4) is 5.88 Å². The van der Waals surface area contributed by atoms with Crippen LogP contribution in [0, 0.1) is 0 Å². The number of thiophene rings is 1. The number of amides is 1. The zero-order valence-electron chi connectivity index (χ0n) is 16.5. The van der Waals surface area contributed by atoms with Crippen LogP contribution in [0.15, 0.2) is 68.7 Å². The van der Waals surface area contributed by atoms with Crippen LogP contribution in [0.2, 0.25) is 0 Å². The molecule has 3 heterocycles. The SMILES string of the molecule is O=C(NCc1ccnc(OCC(F)(F)F)c1)c1oc2ccccc2c1CSc1cccs1. The highest BCUT2D eigenvalue weighted by Gasteiger charge is 2.28. The summed E-state index contributed by atoms with van der Waals surface area (Å²) < 4.78 is 48.6. The molecule has 0 aliphatic rings. The molecule has 10 heteroatoms. The fourth-order valence-electron chi connectivity index (χ4n) is 2.97. The minimum Gasteiger partial charge on any atom is -0.468 e. The van der Waals surface area contributed by atoms with Crippen LogP contribution < -0.4 is 10.1 Å². The van der Waals surface area contributed by atoms with Crippen molar-refractivity contribution in [1.82, 2.24) is 10.3 Å². The van der Waals surface area contributed by atoms with Gasteiger partial charge in [0, 0.05) is 35.5 Å². The van der Waals surface area contributed by atoms with Gasteiger partial charge in [0.25, 0.3) is 5.91 Å². The Morgan fingerprint density at radius 3 is 2.81 bits per heavy atom. The molecule has 4 aromatic rings.